The van der Waals surface area contributed by atoms with Crippen molar-refractivity contribution in [2.45, 2.75) is 218 Å². The van der Waals surface area contributed by atoms with Gasteiger partial charge in [-0.2, -0.15) is 0 Å². The van der Waals surface area contributed by atoms with E-state index in [1.54, 1.807) is 23.0 Å². The van der Waals surface area contributed by atoms with Crippen molar-refractivity contribution in [3.05, 3.63) is 208 Å². The van der Waals surface area contributed by atoms with Gasteiger partial charge in [-0.25, -0.2) is 13.2 Å². The minimum absolute atomic E-state index is 0.101. The van der Waals surface area contributed by atoms with Crippen molar-refractivity contribution >= 4 is 0 Å². The first kappa shape index (κ1) is 80.3. The number of hydrogen-bond donors (Lipinski definition) is 0. The van der Waals surface area contributed by atoms with Crippen LogP contribution in [0.25, 0.3) is 0 Å². The van der Waals surface area contributed by atoms with Crippen LogP contribution in [0, 0.1) is 156 Å². The maximum absolute atomic E-state index is 12.9. The van der Waals surface area contributed by atoms with Crippen LogP contribution in [0.4, 0.5) is 13.2 Å². The van der Waals surface area contributed by atoms with Gasteiger partial charge in [0, 0.05) is 187 Å². The normalized spacial score (nSPS) is 10.7. The number of aromatic nitrogens is 9. The molecule has 9 nitrogen and oxygen atoms in total. The first-order chi connectivity index (χ1) is 40.8. The molecule has 498 valence electrons. The van der Waals surface area contributed by atoms with E-state index in [-0.39, 0.29) is 17.5 Å². The van der Waals surface area contributed by atoms with E-state index in [0.29, 0.717) is 23.7 Å². The summed E-state index contributed by atoms with van der Waals surface area (Å²) in [6, 6.07) is 0. The Bertz CT molecular complexity index is 3130. The molecule has 9 rings (SSSR count). The maximum Gasteiger partial charge on any atom is 0.144 e. The third-order valence-electron chi connectivity index (χ3n) is 18.8. The molecule has 0 saturated carbocycles. The fraction of sp³-hybridized carbons (Fsp3) is 0.532. The number of hydrogen-bond acceptors (Lipinski definition) is 0. The van der Waals surface area contributed by atoms with Crippen LogP contribution in [0.1, 0.15) is 214 Å². The highest BCUT2D eigenvalue weighted by Gasteiger charge is 2.16. The lowest BCUT2D eigenvalue weighted by atomic mass is 9.98. The van der Waals surface area contributed by atoms with Crippen LogP contribution in [0.2, 0.25) is 0 Å². The Kier molecular flexibility index (Phi) is 31.6. The number of rotatable bonds is 4. The molecule has 0 bridgehead atoms. The van der Waals surface area contributed by atoms with Gasteiger partial charge in [0.1, 0.15) is 17.5 Å². The van der Waals surface area contributed by atoms with Gasteiger partial charge < -0.3 is 41.1 Å². The van der Waals surface area contributed by atoms with Crippen LogP contribution in [-0.4, -0.2) is 41.1 Å². The molecule has 9 heterocycles. The van der Waals surface area contributed by atoms with Gasteiger partial charge >= 0.3 is 0 Å². The number of halogens is 3. The standard InChI is InChI=1S/C12H21N.C10H17N.C9H14FN.4C8H13N.2C7H10FN/c1-8(2)11-7-13(6)12(9(3)4)10(11)5;1-7(2)10-6-11(5)9(4)8(10)3;1-6(2)9-7(3)8(10)5-11(9)4;4*1-6-5-9(4)8(3)7(6)2;2*1-5-6(2)9(3)4-7(5)8/h7-9H,1-6H3;6-7H,1-5H3;5-6H,1-4H3;4*5H,1-4H3;2*4H,1-3H3. The maximum atomic E-state index is 12.9. The Morgan fingerprint density at radius 2 is 0.404 bits per heavy atom. The van der Waals surface area contributed by atoms with Gasteiger partial charge in [-0.3, -0.25) is 0 Å². The zero-order valence-electron chi connectivity index (χ0n) is 63.2. The Balaban J connectivity index is 0.000000502. The lowest BCUT2D eigenvalue weighted by Gasteiger charge is -2.09. The highest BCUT2D eigenvalue weighted by molar-refractivity contribution is 5.36. The van der Waals surface area contributed by atoms with Crippen LogP contribution < -0.4 is 0 Å². The fourth-order valence-corrected chi connectivity index (χ4v) is 11.0. The summed E-state index contributed by atoms with van der Waals surface area (Å²) in [4.78, 5) is 0. The van der Waals surface area contributed by atoms with Gasteiger partial charge in [-0.05, 0) is 229 Å². The van der Waals surface area contributed by atoms with Gasteiger partial charge in [0.25, 0.3) is 0 Å². The smallest absolute Gasteiger partial charge is 0.144 e. The summed E-state index contributed by atoms with van der Waals surface area (Å²) < 4.78 is 56.6. The average Bonchev–Trinajstić information content (AvgIpc) is 4.49. The van der Waals surface area contributed by atoms with E-state index in [2.05, 4.69) is 266 Å². The molecule has 0 aliphatic heterocycles. The largest absolute Gasteiger partial charge is 0.354 e. The summed E-state index contributed by atoms with van der Waals surface area (Å²) >= 11 is 0. The first-order valence-electron chi connectivity index (χ1n) is 31.8. The zero-order valence-corrected chi connectivity index (χ0v) is 63.2. The van der Waals surface area contributed by atoms with E-state index in [1.165, 1.54) is 120 Å². The highest BCUT2D eigenvalue weighted by Crippen LogP contribution is 2.29. The molecule has 0 spiro atoms. The molecule has 89 heavy (non-hydrogen) atoms. The topological polar surface area (TPSA) is 44.4 Å². The van der Waals surface area contributed by atoms with Crippen molar-refractivity contribution < 1.29 is 13.2 Å². The van der Waals surface area contributed by atoms with Crippen LogP contribution in [0.15, 0.2) is 55.8 Å². The van der Waals surface area contributed by atoms with Crippen LogP contribution in [0.3, 0.4) is 0 Å². The molecule has 9 aromatic heterocycles. The van der Waals surface area contributed by atoms with Gasteiger partial charge in [0.05, 0.1) is 0 Å². The van der Waals surface area contributed by atoms with Crippen LogP contribution in [0.5, 0.6) is 0 Å². The van der Waals surface area contributed by atoms with Crippen molar-refractivity contribution in [2.24, 2.45) is 63.4 Å². The first-order valence-corrected chi connectivity index (χ1v) is 31.8. The molecule has 9 aromatic rings. The van der Waals surface area contributed by atoms with Crippen LogP contribution >= 0.6 is 0 Å². The van der Waals surface area contributed by atoms with Gasteiger partial charge in [0.2, 0.25) is 0 Å². The predicted molar refractivity (Wildman–Crippen MR) is 380 cm³/mol. The van der Waals surface area contributed by atoms with E-state index < -0.39 is 0 Å². The molecule has 0 radical (unpaired) electrons. The Labute approximate surface area is 540 Å². The second-order valence-corrected chi connectivity index (χ2v) is 26.5. The third kappa shape index (κ3) is 21.8. The SMILES string of the molecule is Cc1c(C(C)C)cn(C)c1C.Cc1c(C(C)C)cn(C)c1C(C)C.Cc1c(F)cn(C)c1C.Cc1c(F)cn(C)c1C.Cc1c(F)cn(C)c1C(C)C.Cc1cn(C)c(C)c1C.Cc1cn(C)c(C)c1C.Cc1cn(C)c(C)c1C.Cc1cn(C)c(C)c1C. The van der Waals surface area contributed by atoms with Crippen molar-refractivity contribution in [3.8, 4) is 0 Å². The zero-order chi connectivity index (χ0) is 69.5. The van der Waals surface area contributed by atoms with E-state index in [1.807, 2.05) is 46.5 Å². The van der Waals surface area contributed by atoms with Crippen LogP contribution in [-0.2, 0) is 63.4 Å². The second-order valence-electron chi connectivity index (χ2n) is 26.5. The molecule has 0 N–H and O–H groups in total. The Morgan fingerprint density at radius 3 is 0.506 bits per heavy atom. The molecule has 0 saturated heterocycles. The predicted octanol–water partition coefficient (Wildman–Crippen LogP) is 20.3. The van der Waals surface area contributed by atoms with Crippen molar-refractivity contribution in [1.82, 2.24) is 41.1 Å². The second kappa shape index (κ2) is 35.1. The quantitative estimate of drug-likeness (QED) is 0.169. The molecule has 0 aliphatic rings. The minimum atomic E-state index is -0.116. The summed E-state index contributed by atoms with van der Waals surface area (Å²) in [6.07, 6.45) is 17.6. The Hall–Kier alpha value is -6.69. The molecule has 0 amide bonds. The third-order valence-corrected chi connectivity index (χ3v) is 18.8. The van der Waals surface area contributed by atoms with Gasteiger partial charge in [-0.15, -0.1) is 0 Å². The summed E-state index contributed by atoms with van der Waals surface area (Å²) in [6.45, 7) is 59.2. The number of nitrogens with zero attached hydrogens (tertiary/aromatic N) is 9. The highest BCUT2D eigenvalue weighted by atomic mass is 19.1. The van der Waals surface area contributed by atoms with E-state index >= 15 is 0 Å². The van der Waals surface area contributed by atoms with Crippen molar-refractivity contribution in [1.29, 1.82) is 0 Å². The summed E-state index contributed by atoms with van der Waals surface area (Å²) in [7, 11) is 18.1. The molecular formula is C77H124F3N9. The molecular weight excluding hydrogens is 1110 g/mol. The molecule has 0 aliphatic carbocycles. The molecule has 0 atom stereocenters. The minimum Gasteiger partial charge on any atom is -0.354 e. The lowest BCUT2D eigenvalue weighted by molar-refractivity contribution is 0.617. The van der Waals surface area contributed by atoms with E-state index in [0.717, 1.165) is 33.8 Å². The Morgan fingerprint density at radius 1 is 0.213 bits per heavy atom. The fourth-order valence-electron chi connectivity index (χ4n) is 11.0. The van der Waals surface area contributed by atoms with Crippen molar-refractivity contribution in [2.75, 3.05) is 0 Å². The van der Waals surface area contributed by atoms with Crippen molar-refractivity contribution in [3.63, 3.8) is 0 Å². The molecule has 0 aromatic carbocycles. The molecule has 12 heteroatoms. The summed E-state index contributed by atoms with van der Waals surface area (Å²) in [5.41, 5.74) is 30.8. The lowest BCUT2D eigenvalue weighted by Crippen LogP contribution is -1.98. The van der Waals surface area contributed by atoms with Gasteiger partial charge in [0.15, 0.2) is 0 Å². The monoisotopic (exact) mass is 1230 g/mol. The summed E-state index contributed by atoms with van der Waals surface area (Å²) in [5, 5.41) is 0. The van der Waals surface area contributed by atoms with E-state index in [4.69, 9.17) is 0 Å². The molecule has 0 unspecified atom stereocenters. The summed E-state index contributed by atoms with van der Waals surface area (Å²) in [5.74, 6) is 1.97. The van der Waals surface area contributed by atoms with E-state index in [9.17, 15) is 13.2 Å². The van der Waals surface area contributed by atoms with Gasteiger partial charge in [-0.1, -0.05) is 55.4 Å². The number of aryl methyl sites for hydroxylation is 13. The molecule has 0 fully saturated rings. The average molecular weight is 1230 g/mol.